The fourth-order valence-electron chi connectivity index (χ4n) is 6.11. The van der Waals surface area contributed by atoms with Gasteiger partial charge in [0.2, 0.25) is 0 Å². The summed E-state index contributed by atoms with van der Waals surface area (Å²) in [6.07, 6.45) is 44.1. The Kier molecular flexibility index (Phi) is 36.3. The quantitative estimate of drug-likeness (QED) is 0.0292. The van der Waals surface area contributed by atoms with Crippen LogP contribution in [0.3, 0.4) is 0 Å². The molecule has 0 saturated carbocycles. The van der Waals surface area contributed by atoms with E-state index in [1.165, 1.54) is 141 Å². The molecule has 0 aliphatic carbocycles. The number of carbonyl (C=O) groups is 2. The van der Waals surface area contributed by atoms with Gasteiger partial charge in [-0.15, -0.1) is 0 Å². The molecule has 0 spiro atoms. The first kappa shape index (κ1) is 47.2. The van der Waals surface area contributed by atoms with Crippen LogP contribution < -0.4 is 12.4 Å². The molecule has 0 aromatic heterocycles. The molecule has 0 aromatic rings. The first-order chi connectivity index (χ1) is 21.8. The lowest BCUT2D eigenvalue weighted by Gasteiger charge is -2.26. The normalized spacial score (nSPS) is 12.6. The lowest BCUT2D eigenvalue weighted by Crippen LogP contribution is -3.00. The van der Waals surface area contributed by atoms with Crippen molar-refractivity contribution in [2.24, 2.45) is 5.92 Å². The topological polar surface area (TPSA) is 34.1 Å². The number of hydrogen-bond donors (Lipinski definition) is 0. The van der Waals surface area contributed by atoms with E-state index in [-0.39, 0.29) is 29.9 Å². The Labute approximate surface area is 295 Å². The summed E-state index contributed by atoms with van der Waals surface area (Å²) < 4.78 is 0.803. The van der Waals surface area contributed by atoms with Gasteiger partial charge in [-0.2, -0.15) is 0 Å². The Hall–Kier alpha value is -0.930. The number of ketones is 2. The number of Topliss-reactive ketones (excluding diaryl/α,β-unsaturated/α-hetero) is 2. The van der Waals surface area contributed by atoms with Crippen LogP contribution in [0.5, 0.6) is 0 Å². The van der Waals surface area contributed by atoms with Crippen molar-refractivity contribution < 1.29 is 26.5 Å². The monoisotopic (exact) mass is 666 g/mol. The largest absolute Gasteiger partial charge is 1.00 e. The summed E-state index contributed by atoms with van der Waals surface area (Å²) in [5.74, 6) is 0.0357. The summed E-state index contributed by atoms with van der Waals surface area (Å²) in [5.41, 5.74) is 0. The van der Waals surface area contributed by atoms with Gasteiger partial charge in [0.05, 0.1) is 33.6 Å². The lowest BCUT2D eigenvalue weighted by atomic mass is 9.88. The number of unbranched alkanes of at least 4 members (excludes halogenated alkanes) is 22. The van der Waals surface area contributed by atoms with Crippen LogP contribution in [0, 0.1) is 5.92 Å². The van der Waals surface area contributed by atoms with E-state index in [1.54, 1.807) is 0 Å². The molecule has 0 bridgehead atoms. The SMILES string of the molecule is CCCCCCCCC=CCCCCCCCC(=O)C(CC[N+](C)(C)C)C(=O)CCCCCCCC=CCCCCCCCC.[Cl-]. The standard InChI is InChI=1S/C42H80NO2.ClH/c1-6-8-10-12-14-16-18-20-22-24-26-28-30-32-34-36-41(44)40(38-39-43(3,4)5)42(45)37-35-33-31-29-27-25-23-21-19-17-15-13-11-9-7-2;/h20-23,40H,6-19,24-39H2,1-5H3;1H/q+1;/p-1. The van der Waals surface area contributed by atoms with Gasteiger partial charge < -0.3 is 16.9 Å². The summed E-state index contributed by atoms with van der Waals surface area (Å²) in [6, 6.07) is 0. The zero-order chi connectivity index (χ0) is 33.3. The molecule has 272 valence electrons. The van der Waals surface area contributed by atoms with Gasteiger partial charge in [-0.05, 0) is 64.2 Å². The van der Waals surface area contributed by atoms with Gasteiger partial charge in [0.1, 0.15) is 11.6 Å². The predicted molar refractivity (Wildman–Crippen MR) is 200 cm³/mol. The first-order valence-electron chi connectivity index (χ1n) is 20.0. The van der Waals surface area contributed by atoms with Crippen LogP contribution >= 0.6 is 0 Å². The number of rotatable bonds is 35. The van der Waals surface area contributed by atoms with Gasteiger partial charge in [0.25, 0.3) is 0 Å². The van der Waals surface area contributed by atoms with Gasteiger partial charge in [-0.1, -0.05) is 141 Å². The minimum atomic E-state index is -0.379. The second-order valence-electron chi connectivity index (χ2n) is 15.0. The zero-order valence-corrected chi connectivity index (χ0v) is 32.5. The van der Waals surface area contributed by atoms with Gasteiger partial charge in [0, 0.05) is 19.3 Å². The third-order valence-corrected chi connectivity index (χ3v) is 9.24. The van der Waals surface area contributed by atoms with Crippen LogP contribution in [-0.4, -0.2) is 43.7 Å². The number of hydrogen-bond acceptors (Lipinski definition) is 2. The lowest BCUT2D eigenvalue weighted by molar-refractivity contribution is -0.870. The molecule has 0 aliphatic rings. The first-order valence-corrected chi connectivity index (χ1v) is 20.0. The molecule has 0 heterocycles. The van der Waals surface area contributed by atoms with Crippen molar-refractivity contribution in [1.29, 1.82) is 0 Å². The fraction of sp³-hybridized carbons (Fsp3) is 0.857. The number of allylic oxidation sites excluding steroid dienone is 4. The molecule has 0 unspecified atom stereocenters. The molecule has 0 atom stereocenters. The van der Waals surface area contributed by atoms with Crippen molar-refractivity contribution in [2.75, 3.05) is 27.7 Å². The highest BCUT2D eigenvalue weighted by Crippen LogP contribution is 2.19. The summed E-state index contributed by atoms with van der Waals surface area (Å²) in [7, 11) is 6.46. The highest BCUT2D eigenvalue weighted by Gasteiger charge is 2.27. The van der Waals surface area contributed by atoms with Crippen molar-refractivity contribution >= 4 is 11.6 Å². The molecule has 0 N–H and O–H groups in total. The van der Waals surface area contributed by atoms with Gasteiger partial charge >= 0.3 is 0 Å². The van der Waals surface area contributed by atoms with Gasteiger partial charge in [-0.25, -0.2) is 0 Å². The highest BCUT2D eigenvalue weighted by atomic mass is 35.5. The third kappa shape index (κ3) is 34.4. The molecule has 0 fully saturated rings. The van der Waals surface area contributed by atoms with E-state index in [0.29, 0.717) is 19.3 Å². The Balaban J connectivity index is 0. The molecular formula is C42H80ClNO2. The van der Waals surface area contributed by atoms with Crippen LogP contribution in [0.15, 0.2) is 24.3 Å². The molecule has 0 rings (SSSR count). The van der Waals surface area contributed by atoms with Crippen LogP contribution in [-0.2, 0) is 9.59 Å². The molecule has 0 aromatic carbocycles. The van der Waals surface area contributed by atoms with Gasteiger partial charge in [0.15, 0.2) is 0 Å². The number of halogens is 1. The number of carbonyl (C=O) groups excluding carboxylic acids is 2. The zero-order valence-electron chi connectivity index (χ0n) is 31.7. The maximum atomic E-state index is 13.2. The summed E-state index contributed by atoms with van der Waals surface area (Å²) in [4.78, 5) is 26.3. The third-order valence-electron chi connectivity index (χ3n) is 9.24. The number of quaternary nitrogens is 1. The molecule has 0 amide bonds. The Morgan fingerprint density at radius 2 is 0.739 bits per heavy atom. The van der Waals surface area contributed by atoms with Crippen LogP contribution in [0.25, 0.3) is 0 Å². The Bertz CT molecular complexity index is 672. The molecule has 0 saturated heterocycles. The van der Waals surface area contributed by atoms with E-state index in [2.05, 4.69) is 59.3 Å². The van der Waals surface area contributed by atoms with Crippen molar-refractivity contribution in [2.45, 2.75) is 200 Å². The van der Waals surface area contributed by atoms with Crippen molar-refractivity contribution in [1.82, 2.24) is 0 Å². The van der Waals surface area contributed by atoms with E-state index in [1.807, 2.05) is 0 Å². The minimum Gasteiger partial charge on any atom is -1.00 e. The molecule has 3 nitrogen and oxygen atoms in total. The maximum absolute atomic E-state index is 13.2. The second-order valence-corrected chi connectivity index (χ2v) is 15.0. The molecule has 0 radical (unpaired) electrons. The number of nitrogens with zero attached hydrogens (tertiary/aromatic N) is 1. The van der Waals surface area contributed by atoms with Crippen molar-refractivity contribution in [3.63, 3.8) is 0 Å². The van der Waals surface area contributed by atoms with Crippen LogP contribution in [0.2, 0.25) is 0 Å². The van der Waals surface area contributed by atoms with E-state index in [9.17, 15) is 9.59 Å². The molecule has 46 heavy (non-hydrogen) atoms. The fourth-order valence-corrected chi connectivity index (χ4v) is 6.11. The minimum absolute atomic E-state index is 0. The van der Waals surface area contributed by atoms with E-state index >= 15 is 0 Å². The average Bonchev–Trinajstić information content (AvgIpc) is 3.00. The van der Waals surface area contributed by atoms with E-state index in [0.717, 1.165) is 36.7 Å². The molecule has 4 heteroatoms. The summed E-state index contributed by atoms with van der Waals surface area (Å²) in [6.45, 7) is 5.42. The van der Waals surface area contributed by atoms with Crippen molar-refractivity contribution in [3.05, 3.63) is 24.3 Å². The van der Waals surface area contributed by atoms with Crippen LogP contribution in [0.1, 0.15) is 200 Å². The highest BCUT2D eigenvalue weighted by molar-refractivity contribution is 6.02. The second kappa shape index (κ2) is 35.4. The molecule has 0 aliphatic heterocycles. The Morgan fingerprint density at radius 1 is 0.457 bits per heavy atom. The summed E-state index contributed by atoms with van der Waals surface area (Å²) in [5, 5.41) is 0. The predicted octanol–water partition coefficient (Wildman–Crippen LogP) is 9.92. The Morgan fingerprint density at radius 3 is 1.04 bits per heavy atom. The van der Waals surface area contributed by atoms with E-state index in [4.69, 9.17) is 0 Å². The smallest absolute Gasteiger partial charge is 0.143 e. The maximum Gasteiger partial charge on any atom is 0.143 e. The summed E-state index contributed by atoms with van der Waals surface area (Å²) >= 11 is 0. The van der Waals surface area contributed by atoms with Crippen LogP contribution in [0.4, 0.5) is 0 Å². The van der Waals surface area contributed by atoms with E-state index < -0.39 is 0 Å². The van der Waals surface area contributed by atoms with Gasteiger partial charge in [-0.3, -0.25) is 9.59 Å². The van der Waals surface area contributed by atoms with Crippen molar-refractivity contribution in [3.8, 4) is 0 Å². The molecular weight excluding hydrogens is 586 g/mol. The average molecular weight is 667 g/mol.